The SMILES string of the molecule is Cc1nc(Nc2ncc(-c3ccccc3)s2)cc(OCCN2CCNCC2C(N)=O)n1. The average molecular weight is 440 g/mol. The molecule has 0 spiro atoms. The van der Waals surface area contributed by atoms with E-state index in [1.165, 1.54) is 0 Å². The van der Waals surface area contributed by atoms with Gasteiger partial charge >= 0.3 is 0 Å². The zero-order valence-electron chi connectivity index (χ0n) is 17.2. The van der Waals surface area contributed by atoms with E-state index < -0.39 is 0 Å². The zero-order chi connectivity index (χ0) is 21.6. The van der Waals surface area contributed by atoms with Crippen molar-refractivity contribution in [3.8, 4) is 16.3 Å². The fraction of sp³-hybridized carbons (Fsp3) is 0.333. The van der Waals surface area contributed by atoms with Crippen LogP contribution in [0.3, 0.4) is 0 Å². The van der Waals surface area contributed by atoms with Crippen LogP contribution in [-0.2, 0) is 4.79 Å². The minimum absolute atomic E-state index is 0.314. The number of primary amides is 1. The van der Waals surface area contributed by atoms with E-state index in [-0.39, 0.29) is 11.9 Å². The molecule has 1 aliphatic rings. The third-order valence-corrected chi connectivity index (χ3v) is 5.89. The maximum Gasteiger partial charge on any atom is 0.236 e. The van der Waals surface area contributed by atoms with Crippen LogP contribution < -0.4 is 21.1 Å². The van der Waals surface area contributed by atoms with Crippen LogP contribution in [0, 0.1) is 6.92 Å². The number of nitrogens with two attached hydrogens (primary N) is 1. The van der Waals surface area contributed by atoms with Gasteiger partial charge in [0.25, 0.3) is 0 Å². The molecule has 1 atom stereocenters. The van der Waals surface area contributed by atoms with Crippen LogP contribution in [0.25, 0.3) is 10.4 Å². The molecule has 1 unspecified atom stereocenters. The standard InChI is InChI=1S/C21H25N7O2S/c1-14-25-18(27-21-24-13-17(31-21)15-5-3-2-4-6-15)11-19(26-14)30-10-9-28-8-7-23-12-16(28)20(22)29/h2-6,11,13,16,23H,7-10,12H2,1H3,(H2,22,29)(H,24,25,26,27). The van der Waals surface area contributed by atoms with E-state index in [0.29, 0.717) is 37.2 Å². The predicted octanol–water partition coefficient (Wildman–Crippen LogP) is 1.79. The molecule has 1 fully saturated rings. The largest absolute Gasteiger partial charge is 0.476 e. The first-order valence-corrected chi connectivity index (χ1v) is 10.9. The Hall–Kier alpha value is -3.08. The molecule has 4 rings (SSSR count). The lowest BCUT2D eigenvalue weighted by Crippen LogP contribution is -2.57. The lowest BCUT2D eigenvalue weighted by Gasteiger charge is -2.33. The summed E-state index contributed by atoms with van der Waals surface area (Å²) in [6.07, 6.45) is 1.84. The molecule has 2 aromatic heterocycles. The number of anilines is 2. The summed E-state index contributed by atoms with van der Waals surface area (Å²) in [7, 11) is 0. The Morgan fingerprint density at radius 2 is 2.19 bits per heavy atom. The van der Waals surface area contributed by atoms with Gasteiger partial charge in [-0.1, -0.05) is 41.7 Å². The van der Waals surface area contributed by atoms with Crippen LogP contribution in [0.4, 0.5) is 10.9 Å². The van der Waals surface area contributed by atoms with Crippen LogP contribution in [-0.4, -0.2) is 64.6 Å². The second-order valence-electron chi connectivity index (χ2n) is 7.17. The van der Waals surface area contributed by atoms with E-state index in [2.05, 4.69) is 37.7 Å². The molecular weight excluding hydrogens is 414 g/mol. The molecular formula is C21H25N7O2S. The van der Waals surface area contributed by atoms with Gasteiger partial charge in [-0.15, -0.1) is 0 Å². The fourth-order valence-electron chi connectivity index (χ4n) is 3.42. The van der Waals surface area contributed by atoms with E-state index in [4.69, 9.17) is 10.5 Å². The molecule has 1 amide bonds. The van der Waals surface area contributed by atoms with Gasteiger partial charge in [0.2, 0.25) is 11.8 Å². The monoisotopic (exact) mass is 439 g/mol. The van der Waals surface area contributed by atoms with Crippen LogP contribution >= 0.6 is 11.3 Å². The van der Waals surface area contributed by atoms with Crippen molar-refractivity contribution in [2.75, 3.05) is 38.1 Å². The highest BCUT2D eigenvalue weighted by Gasteiger charge is 2.26. The molecule has 4 N–H and O–H groups in total. The van der Waals surface area contributed by atoms with Gasteiger partial charge < -0.3 is 21.1 Å². The molecule has 3 aromatic rings. The fourth-order valence-corrected chi connectivity index (χ4v) is 4.25. The Morgan fingerprint density at radius 1 is 1.35 bits per heavy atom. The van der Waals surface area contributed by atoms with Crippen molar-refractivity contribution in [1.82, 2.24) is 25.2 Å². The molecule has 1 aliphatic heterocycles. The summed E-state index contributed by atoms with van der Waals surface area (Å²) < 4.78 is 5.85. The highest BCUT2D eigenvalue weighted by atomic mass is 32.1. The van der Waals surface area contributed by atoms with Gasteiger partial charge in [0.1, 0.15) is 24.3 Å². The summed E-state index contributed by atoms with van der Waals surface area (Å²) in [4.78, 5) is 28.0. The van der Waals surface area contributed by atoms with Crippen LogP contribution in [0.5, 0.6) is 5.88 Å². The van der Waals surface area contributed by atoms with E-state index in [1.54, 1.807) is 17.4 Å². The number of ether oxygens (including phenoxy) is 1. The van der Waals surface area contributed by atoms with Crippen molar-refractivity contribution in [3.63, 3.8) is 0 Å². The topological polar surface area (TPSA) is 118 Å². The van der Waals surface area contributed by atoms with Crippen LogP contribution in [0.2, 0.25) is 0 Å². The molecule has 1 saturated heterocycles. The highest BCUT2D eigenvalue weighted by molar-refractivity contribution is 7.18. The Bertz CT molecular complexity index is 1030. The Morgan fingerprint density at radius 3 is 3.00 bits per heavy atom. The van der Waals surface area contributed by atoms with Crippen molar-refractivity contribution < 1.29 is 9.53 Å². The van der Waals surface area contributed by atoms with E-state index in [1.807, 2.05) is 36.2 Å². The first kappa shape index (κ1) is 21.2. The molecule has 162 valence electrons. The second-order valence-corrected chi connectivity index (χ2v) is 8.20. The number of nitrogens with one attached hydrogen (secondary N) is 2. The minimum Gasteiger partial charge on any atom is -0.476 e. The summed E-state index contributed by atoms with van der Waals surface area (Å²) in [5, 5.41) is 7.16. The number of amides is 1. The maximum atomic E-state index is 11.6. The van der Waals surface area contributed by atoms with E-state index in [9.17, 15) is 4.79 Å². The number of nitrogens with zero attached hydrogens (tertiary/aromatic N) is 4. The number of carbonyl (C=O) groups excluding carboxylic acids is 1. The molecule has 10 heteroatoms. The lowest BCUT2D eigenvalue weighted by molar-refractivity contribution is -0.123. The number of hydrogen-bond donors (Lipinski definition) is 3. The van der Waals surface area contributed by atoms with Gasteiger partial charge in [-0.2, -0.15) is 4.98 Å². The first-order valence-electron chi connectivity index (χ1n) is 10.1. The molecule has 31 heavy (non-hydrogen) atoms. The zero-order valence-corrected chi connectivity index (χ0v) is 18.1. The van der Waals surface area contributed by atoms with Gasteiger partial charge in [0.15, 0.2) is 5.13 Å². The Labute approximate surface area is 184 Å². The number of carbonyl (C=O) groups is 1. The van der Waals surface area contributed by atoms with Gasteiger partial charge in [0, 0.05) is 38.4 Å². The lowest BCUT2D eigenvalue weighted by atomic mass is 10.2. The number of hydrogen-bond acceptors (Lipinski definition) is 9. The third kappa shape index (κ3) is 5.54. The van der Waals surface area contributed by atoms with E-state index >= 15 is 0 Å². The molecule has 0 bridgehead atoms. The summed E-state index contributed by atoms with van der Waals surface area (Å²) in [5.41, 5.74) is 6.62. The number of aryl methyl sites for hydroxylation is 1. The summed E-state index contributed by atoms with van der Waals surface area (Å²) >= 11 is 1.55. The molecule has 0 saturated carbocycles. The Balaban J connectivity index is 1.37. The van der Waals surface area contributed by atoms with Crippen molar-refractivity contribution in [1.29, 1.82) is 0 Å². The maximum absolute atomic E-state index is 11.6. The van der Waals surface area contributed by atoms with E-state index in [0.717, 1.165) is 28.7 Å². The number of benzene rings is 1. The molecule has 9 nitrogen and oxygen atoms in total. The smallest absolute Gasteiger partial charge is 0.236 e. The molecule has 0 radical (unpaired) electrons. The average Bonchev–Trinajstić information content (AvgIpc) is 3.23. The first-order chi connectivity index (χ1) is 15.1. The van der Waals surface area contributed by atoms with Crippen molar-refractivity contribution >= 4 is 28.2 Å². The Kier molecular flexibility index (Phi) is 6.70. The minimum atomic E-state index is -0.324. The molecule has 1 aromatic carbocycles. The summed E-state index contributed by atoms with van der Waals surface area (Å²) in [6.45, 7) is 4.94. The van der Waals surface area contributed by atoms with Gasteiger partial charge in [0.05, 0.1) is 4.88 Å². The van der Waals surface area contributed by atoms with Crippen LogP contribution in [0.15, 0.2) is 42.6 Å². The predicted molar refractivity (Wildman–Crippen MR) is 121 cm³/mol. The van der Waals surface area contributed by atoms with Gasteiger partial charge in [-0.25, -0.2) is 9.97 Å². The summed E-state index contributed by atoms with van der Waals surface area (Å²) in [5.74, 6) is 1.36. The van der Waals surface area contributed by atoms with Crippen molar-refractivity contribution in [2.45, 2.75) is 13.0 Å². The normalized spacial score (nSPS) is 16.7. The number of rotatable bonds is 8. The highest BCUT2D eigenvalue weighted by Crippen LogP contribution is 2.30. The number of thiazole rings is 1. The molecule has 3 heterocycles. The number of piperazine rings is 1. The van der Waals surface area contributed by atoms with Gasteiger partial charge in [-0.05, 0) is 12.5 Å². The van der Waals surface area contributed by atoms with Gasteiger partial charge in [-0.3, -0.25) is 9.69 Å². The third-order valence-electron chi connectivity index (χ3n) is 4.92. The quantitative estimate of drug-likeness (QED) is 0.486. The number of aromatic nitrogens is 3. The van der Waals surface area contributed by atoms with Crippen molar-refractivity contribution in [2.24, 2.45) is 5.73 Å². The summed E-state index contributed by atoms with van der Waals surface area (Å²) in [6, 6.07) is 11.5. The van der Waals surface area contributed by atoms with Crippen LogP contribution in [0.1, 0.15) is 5.82 Å². The molecule has 0 aliphatic carbocycles. The van der Waals surface area contributed by atoms with Crippen molar-refractivity contribution in [3.05, 3.63) is 48.4 Å². The second kappa shape index (κ2) is 9.82.